The molecule has 1 aliphatic rings. The highest BCUT2D eigenvalue weighted by Gasteiger charge is 2.30. The number of urea groups is 1. The van der Waals surface area contributed by atoms with E-state index in [0.29, 0.717) is 0 Å². The molecule has 3 rings (SSSR count). The lowest BCUT2D eigenvalue weighted by Crippen LogP contribution is -2.45. The molecule has 2 aromatic rings. The SMILES string of the molecule is CC[C@@H]1c2ccsc2CCN1C(=O)N[C@@H](C)c1cccnc1. The second kappa shape index (κ2) is 6.48. The van der Waals surface area contributed by atoms with Gasteiger partial charge >= 0.3 is 6.03 Å². The van der Waals surface area contributed by atoms with Crippen LogP contribution in [0.25, 0.3) is 0 Å². The Morgan fingerprint density at radius 3 is 3.14 bits per heavy atom. The number of carbonyl (C=O) groups excluding carboxylic acids is 1. The number of hydrogen-bond donors (Lipinski definition) is 1. The van der Waals surface area contributed by atoms with Crippen molar-refractivity contribution in [1.29, 1.82) is 0 Å². The Bertz CT molecular complexity index is 640. The molecule has 0 spiro atoms. The number of pyridine rings is 1. The molecule has 1 N–H and O–H groups in total. The van der Waals surface area contributed by atoms with Crippen LogP contribution in [0.5, 0.6) is 0 Å². The van der Waals surface area contributed by atoms with Gasteiger partial charge in [0.25, 0.3) is 0 Å². The van der Waals surface area contributed by atoms with Crippen LogP contribution in [0.4, 0.5) is 4.79 Å². The Morgan fingerprint density at radius 2 is 2.41 bits per heavy atom. The fraction of sp³-hybridized carbons (Fsp3) is 0.412. The quantitative estimate of drug-likeness (QED) is 0.933. The molecule has 0 bridgehead atoms. The molecule has 1 aliphatic heterocycles. The van der Waals surface area contributed by atoms with Crippen LogP contribution in [0, 0.1) is 0 Å². The topological polar surface area (TPSA) is 45.2 Å². The third kappa shape index (κ3) is 2.86. The van der Waals surface area contributed by atoms with Crippen LogP contribution in [0.2, 0.25) is 0 Å². The van der Waals surface area contributed by atoms with Gasteiger partial charge in [-0.2, -0.15) is 0 Å². The van der Waals surface area contributed by atoms with E-state index in [9.17, 15) is 4.79 Å². The molecule has 0 aromatic carbocycles. The number of nitrogens with zero attached hydrogens (tertiary/aromatic N) is 2. The van der Waals surface area contributed by atoms with Crippen LogP contribution in [-0.4, -0.2) is 22.5 Å². The maximum absolute atomic E-state index is 12.7. The van der Waals surface area contributed by atoms with E-state index in [1.807, 2.05) is 24.0 Å². The number of fused-ring (bicyclic) bond motifs is 1. The van der Waals surface area contributed by atoms with Crippen LogP contribution >= 0.6 is 11.3 Å². The second-order valence-electron chi connectivity index (χ2n) is 5.62. The highest BCUT2D eigenvalue weighted by Crippen LogP contribution is 2.35. The minimum absolute atomic E-state index is 0.0139. The molecular weight excluding hydrogens is 294 g/mol. The minimum atomic E-state index is -0.0393. The summed E-state index contributed by atoms with van der Waals surface area (Å²) in [6.45, 7) is 4.93. The van der Waals surface area contributed by atoms with E-state index in [0.717, 1.165) is 24.9 Å². The lowest BCUT2D eigenvalue weighted by atomic mass is 9.98. The Labute approximate surface area is 135 Å². The van der Waals surface area contributed by atoms with Gasteiger partial charge in [-0.15, -0.1) is 11.3 Å². The summed E-state index contributed by atoms with van der Waals surface area (Å²) in [5, 5.41) is 5.24. The van der Waals surface area contributed by atoms with Gasteiger partial charge < -0.3 is 10.2 Å². The number of carbonyl (C=O) groups is 1. The van der Waals surface area contributed by atoms with Gasteiger partial charge in [-0.3, -0.25) is 4.98 Å². The van der Waals surface area contributed by atoms with Crippen molar-refractivity contribution in [2.75, 3.05) is 6.54 Å². The molecule has 5 heteroatoms. The minimum Gasteiger partial charge on any atom is -0.331 e. The first kappa shape index (κ1) is 15.0. The van der Waals surface area contributed by atoms with E-state index in [1.54, 1.807) is 23.7 Å². The van der Waals surface area contributed by atoms with Crippen LogP contribution in [-0.2, 0) is 6.42 Å². The Hall–Kier alpha value is -1.88. The number of aromatic nitrogens is 1. The summed E-state index contributed by atoms with van der Waals surface area (Å²) in [7, 11) is 0. The van der Waals surface area contributed by atoms with Crippen molar-refractivity contribution < 1.29 is 4.79 Å². The summed E-state index contributed by atoms with van der Waals surface area (Å²) < 4.78 is 0. The molecule has 0 saturated carbocycles. The van der Waals surface area contributed by atoms with E-state index in [1.165, 1.54) is 10.4 Å². The molecule has 2 amide bonds. The third-order valence-electron chi connectivity index (χ3n) is 4.27. The molecular formula is C17H21N3OS. The summed E-state index contributed by atoms with van der Waals surface area (Å²) in [5.74, 6) is 0. The predicted molar refractivity (Wildman–Crippen MR) is 88.9 cm³/mol. The first-order valence-electron chi connectivity index (χ1n) is 7.74. The lowest BCUT2D eigenvalue weighted by Gasteiger charge is -2.36. The van der Waals surface area contributed by atoms with Crippen LogP contribution in [0.3, 0.4) is 0 Å². The number of amides is 2. The van der Waals surface area contributed by atoms with Gasteiger partial charge in [0, 0.05) is 23.8 Å². The van der Waals surface area contributed by atoms with E-state index >= 15 is 0 Å². The Morgan fingerprint density at radius 1 is 1.55 bits per heavy atom. The highest BCUT2D eigenvalue weighted by molar-refractivity contribution is 7.10. The Balaban J connectivity index is 1.72. The van der Waals surface area contributed by atoms with Gasteiger partial charge in [-0.25, -0.2) is 4.79 Å². The first-order valence-corrected chi connectivity index (χ1v) is 8.62. The molecule has 0 saturated heterocycles. The summed E-state index contributed by atoms with van der Waals surface area (Å²) in [6.07, 6.45) is 5.44. The van der Waals surface area contributed by atoms with E-state index in [-0.39, 0.29) is 18.1 Å². The number of nitrogens with one attached hydrogen (secondary N) is 1. The van der Waals surface area contributed by atoms with Crippen molar-refractivity contribution in [3.8, 4) is 0 Å². The zero-order chi connectivity index (χ0) is 15.5. The maximum Gasteiger partial charge on any atom is 0.318 e. The van der Waals surface area contributed by atoms with Crippen molar-refractivity contribution in [2.24, 2.45) is 0 Å². The van der Waals surface area contributed by atoms with Gasteiger partial charge in [0.1, 0.15) is 0 Å². The van der Waals surface area contributed by atoms with Crippen molar-refractivity contribution in [2.45, 2.75) is 38.8 Å². The fourth-order valence-corrected chi connectivity index (χ4v) is 3.99. The molecule has 0 aliphatic carbocycles. The van der Waals surface area contributed by atoms with Crippen molar-refractivity contribution in [3.63, 3.8) is 0 Å². The molecule has 22 heavy (non-hydrogen) atoms. The second-order valence-corrected chi connectivity index (χ2v) is 6.62. The number of rotatable bonds is 3. The molecule has 0 fully saturated rings. The highest BCUT2D eigenvalue weighted by atomic mass is 32.1. The van der Waals surface area contributed by atoms with E-state index < -0.39 is 0 Å². The normalized spacial score (nSPS) is 18.6. The fourth-order valence-electron chi connectivity index (χ4n) is 3.06. The lowest BCUT2D eigenvalue weighted by molar-refractivity contribution is 0.165. The van der Waals surface area contributed by atoms with Crippen molar-refractivity contribution in [1.82, 2.24) is 15.2 Å². The Kier molecular flexibility index (Phi) is 4.43. The first-order chi connectivity index (χ1) is 10.7. The number of thiophene rings is 1. The molecule has 0 radical (unpaired) electrons. The number of hydrogen-bond acceptors (Lipinski definition) is 3. The zero-order valence-electron chi connectivity index (χ0n) is 13.0. The zero-order valence-corrected chi connectivity index (χ0v) is 13.8. The smallest absolute Gasteiger partial charge is 0.318 e. The van der Waals surface area contributed by atoms with Gasteiger partial charge in [0.15, 0.2) is 0 Å². The average molecular weight is 315 g/mol. The monoisotopic (exact) mass is 315 g/mol. The summed E-state index contributed by atoms with van der Waals surface area (Å²) in [5.41, 5.74) is 2.35. The molecule has 116 valence electrons. The van der Waals surface area contributed by atoms with E-state index in [2.05, 4.69) is 28.7 Å². The van der Waals surface area contributed by atoms with Gasteiger partial charge in [-0.1, -0.05) is 13.0 Å². The molecule has 3 heterocycles. The van der Waals surface area contributed by atoms with Gasteiger partial charge in [0.2, 0.25) is 0 Å². The summed E-state index contributed by atoms with van der Waals surface area (Å²) >= 11 is 1.80. The largest absolute Gasteiger partial charge is 0.331 e. The molecule has 2 atom stereocenters. The third-order valence-corrected chi connectivity index (χ3v) is 5.26. The van der Waals surface area contributed by atoms with Gasteiger partial charge in [0.05, 0.1) is 12.1 Å². The van der Waals surface area contributed by atoms with Crippen LogP contribution in [0.15, 0.2) is 36.0 Å². The molecule has 2 aromatic heterocycles. The van der Waals surface area contributed by atoms with E-state index in [4.69, 9.17) is 0 Å². The van der Waals surface area contributed by atoms with Crippen molar-refractivity contribution >= 4 is 17.4 Å². The predicted octanol–water partition coefficient (Wildman–Crippen LogP) is 3.92. The molecule has 4 nitrogen and oxygen atoms in total. The molecule has 0 unspecified atom stereocenters. The summed E-state index contributed by atoms with van der Waals surface area (Å²) in [6, 6.07) is 6.21. The van der Waals surface area contributed by atoms with Crippen LogP contribution in [0.1, 0.15) is 48.4 Å². The average Bonchev–Trinajstić information content (AvgIpc) is 3.03. The van der Waals surface area contributed by atoms with Crippen LogP contribution < -0.4 is 5.32 Å². The standard InChI is InChI=1S/C17H21N3OS/c1-3-15-14-7-10-22-16(14)6-9-20(15)17(21)19-12(2)13-5-4-8-18-11-13/h4-5,7-8,10-12,15H,3,6,9H2,1-2H3,(H,19,21)/t12-,15+/m0/s1. The summed E-state index contributed by atoms with van der Waals surface area (Å²) in [4.78, 5) is 20.2. The maximum atomic E-state index is 12.7. The van der Waals surface area contributed by atoms with Crippen molar-refractivity contribution in [3.05, 3.63) is 52.0 Å². The van der Waals surface area contributed by atoms with Gasteiger partial charge in [-0.05, 0) is 48.4 Å².